The molecule has 0 fully saturated rings. The van der Waals surface area contributed by atoms with E-state index in [-0.39, 0.29) is 18.0 Å². The minimum absolute atomic E-state index is 0.0786. The third-order valence-corrected chi connectivity index (χ3v) is 3.80. The van der Waals surface area contributed by atoms with Gasteiger partial charge in [-0.2, -0.15) is 0 Å². The Morgan fingerprint density at radius 3 is 2.33 bits per heavy atom. The monoisotopic (exact) mass is 373 g/mol. The summed E-state index contributed by atoms with van der Waals surface area (Å²) in [5.41, 5.74) is 1.41. The molecule has 0 spiro atoms. The average molecular weight is 373 g/mol. The van der Waals surface area contributed by atoms with E-state index in [0.29, 0.717) is 16.8 Å². The molecular formula is C20H20FNO5. The Balaban J connectivity index is 1.90. The highest BCUT2D eigenvalue weighted by Gasteiger charge is 2.18. The second-order valence-electron chi connectivity index (χ2n) is 5.90. The molecule has 2 rings (SSSR count). The number of halogens is 1. The molecule has 0 bridgehead atoms. The van der Waals surface area contributed by atoms with Crippen molar-refractivity contribution in [3.05, 3.63) is 59.4 Å². The molecule has 1 amide bonds. The molecule has 27 heavy (non-hydrogen) atoms. The Labute approximate surface area is 156 Å². The smallest absolute Gasteiger partial charge is 0.311 e. The van der Waals surface area contributed by atoms with Gasteiger partial charge in [0, 0.05) is 11.3 Å². The van der Waals surface area contributed by atoms with Gasteiger partial charge in [-0.25, -0.2) is 4.39 Å². The molecule has 7 heteroatoms. The summed E-state index contributed by atoms with van der Waals surface area (Å²) in [4.78, 5) is 35.3. The summed E-state index contributed by atoms with van der Waals surface area (Å²) in [6.07, 6.45) is -1.21. The maximum absolute atomic E-state index is 13.6. The molecule has 0 aliphatic heterocycles. The molecule has 0 unspecified atom stereocenters. The number of esters is 1. The van der Waals surface area contributed by atoms with Gasteiger partial charge in [-0.1, -0.05) is 6.07 Å². The van der Waals surface area contributed by atoms with Gasteiger partial charge < -0.3 is 14.8 Å². The standard InChI is InChI=1S/C20H20FNO5/c1-12(23)15-5-7-16(8-6-15)22-20(25)13(2)27-19(24)11-14-4-9-18(26-3)17(21)10-14/h4-10,13H,11H2,1-3H3,(H,22,25)/t13-/m0/s1. The van der Waals surface area contributed by atoms with E-state index in [1.54, 1.807) is 30.3 Å². The third-order valence-electron chi connectivity index (χ3n) is 3.80. The van der Waals surface area contributed by atoms with Crippen molar-refractivity contribution >= 4 is 23.3 Å². The quantitative estimate of drug-likeness (QED) is 0.596. The molecule has 2 aromatic rings. The lowest BCUT2D eigenvalue weighted by molar-refractivity contribution is -0.152. The van der Waals surface area contributed by atoms with Gasteiger partial charge in [0.05, 0.1) is 13.5 Å². The number of amides is 1. The van der Waals surface area contributed by atoms with Crippen molar-refractivity contribution in [1.82, 2.24) is 0 Å². The molecule has 0 aliphatic carbocycles. The van der Waals surface area contributed by atoms with Gasteiger partial charge in [0.1, 0.15) is 0 Å². The number of carbonyl (C=O) groups excluding carboxylic acids is 3. The lowest BCUT2D eigenvalue weighted by atomic mass is 10.1. The van der Waals surface area contributed by atoms with Gasteiger partial charge in [0.25, 0.3) is 5.91 Å². The third kappa shape index (κ3) is 5.64. The zero-order valence-electron chi connectivity index (χ0n) is 15.2. The van der Waals surface area contributed by atoms with E-state index in [2.05, 4.69) is 5.32 Å². The number of rotatable bonds is 7. The van der Waals surface area contributed by atoms with E-state index in [1.807, 2.05) is 0 Å². The van der Waals surface area contributed by atoms with Crippen molar-refractivity contribution in [1.29, 1.82) is 0 Å². The SMILES string of the molecule is COc1ccc(CC(=O)O[C@@H](C)C(=O)Nc2ccc(C(C)=O)cc2)cc1F. The van der Waals surface area contributed by atoms with Gasteiger partial charge in [0.2, 0.25) is 0 Å². The van der Waals surface area contributed by atoms with E-state index < -0.39 is 23.8 Å². The number of benzene rings is 2. The molecule has 0 saturated carbocycles. The van der Waals surface area contributed by atoms with Gasteiger partial charge in [-0.3, -0.25) is 14.4 Å². The van der Waals surface area contributed by atoms with Crippen molar-refractivity contribution in [3.63, 3.8) is 0 Å². The Bertz CT molecular complexity index is 848. The maximum Gasteiger partial charge on any atom is 0.311 e. The molecule has 0 saturated heterocycles. The predicted octanol–water partition coefficient (Wildman–Crippen LogP) is 3.15. The highest BCUT2D eigenvalue weighted by Crippen LogP contribution is 2.18. The second kappa shape index (κ2) is 8.93. The number of anilines is 1. The molecule has 2 aromatic carbocycles. The highest BCUT2D eigenvalue weighted by molar-refractivity contribution is 5.97. The van der Waals surface area contributed by atoms with Gasteiger partial charge >= 0.3 is 5.97 Å². The Kier molecular flexibility index (Phi) is 6.65. The minimum Gasteiger partial charge on any atom is -0.494 e. The van der Waals surface area contributed by atoms with Crippen molar-refractivity contribution in [2.45, 2.75) is 26.4 Å². The van der Waals surface area contributed by atoms with E-state index in [1.165, 1.54) is 33.1 Å². The first kappa shape index (κ1) is 20.1. The number of ether oxygens (including phenoxy) is 2. The normalized spacial score (nSPS) is 11.4. The molecule has 0 heterocycles. The minimum atomic E-state index is -1.03. The number of nitrogens with one attached hydrogen (secondary N) is 1. The number of ketones is 1. The van der Waals surface area contributed by atoms with Crippen LogP contribution in [0.4, 0.5) is 10.1 Å². The first-order valence-electron chi connectivity index (χ1n) is 8.24. The zero-order valence-corrected chi connectivity index (χ0v) is 15.2. The molecule has 1 N–H and O–H groups in total. The van der Waals surface area contributed by atoms with Crippen LogP contribution in [0.15, 0.2) is 42.5 Å². The van der Waals surface area contributed by atoms with Crippen LogP contribution in [0, 0.1) is 5.82 Å². The van der Waals surface area contributed by atoms with Crippen LogP contribution >= 0.6 is 0 Å². The highest BCUT2D eigenvalue weighted by atomic mass is 19.1. The van der Waals surface area contributed by atoms with Crippen LogP contribution in [-0.4, -0.2) is 30.9 Å². The van der Waals surface area contributed by atoms with Crippen molar-refractivity contribution in [3.8, 4) is 5.75 Å². The van der Waals surface area contributed by atoms with Crippen molar-refractivity contribution in [2.24, 2.45) is 0 Å². The number of hydrogen-bond acceptors (Lipinski definition) is 5. The molecule has 1 atom stereocenters. The Hall–Kier alpha value is -3.22. The van der Waals surface area contributed by atoms with Crippen LogP contribution in [0.2, 0.25) is 0 Å². The summed E-state index contributed by atoms with van der Waals surface area (Å²) in [5.74, 6) is -1.75. The summed E-state index contributed by atoms with van der Waals surface area (Å²) in [5, 5.41) is 2.60. The first-order chi connectivity index (χ1) is 12.8. The summed E-state index contributed by atoms with van der Waals surface area (Å²) in [6.45, 7) is 2.88. The van der Waals surface area contributed by atoms with Crippen LogP contribution in [0.5, 0.6) is 5.75 Å². The summed E-state index contributed by atoms with van der Waals surface area (Å²) >= 11 is 0. The fraction of sp³-hybridized carbons (Fsp3) is 0.250. The lowest BCUT2D eigenvalue weighted by Gasteiger charge is -2.14. The summed E-state index contributed by atoms with van der Waals surface area (Å²) < 4.78 is 23.6. The van der Waals surface area contributed by atoms with E-state index >= 15 is 0 Å². The number of hydrogen-bond donors (Lipinski definition) is 1. The fourth-order valence-corrected chi connectivity index (χ4v) is 2.31. The number of Topliss-reactive ketones (excluding diaryl/α,β-unsaturated/α-hetero) is 1. The zero-order chi connectivity index (χ0) is 20.0. The Morgan fingerprint density at radius 1 is 1.11 bits per heavy atom. The van der Waals surface area contributed by atoms with Gasteiger partial charge in [0.15, 0.2) is 23.5 Å². The van der Waals surface area contributed by atoms with Crippen LogP contribution < -0.4 is 10.1 Å². The molecule has 0 aromatic heterocycles. The molecule has 0 radical (unpaired) electrons. The van der Waals surface area contributed by atoms with Gasteiger partial charge in [-0.05, 0) is 55.8 Å². The average Bonchev–Trinajstić information content (AvgIpc) is 2.62. The molecular weight excluding hydrogens is 353 g/mol. The van der Waals surface area contributed by atoms with E-state index in [9.17, 15) is 18.8 Å². The maximum atomic E-state index is 13.6. The lowest BCUT2D eigenvalue weighted by Crippen LogP contribution is -2.30. The van der Waals surface area contributed by atoms with Crippen LogP contribution in [0.1, 0.15) is 29.8 Å². The number of carbonyl (C=O) groups is 3. The summed E-state index contributed by atoms with van der Waals surface area (Å²) in [6, 6.07) is 10.5. The molecule has 6 nitrogen and oxygen atoms in total. The predicted molar refractivity (Wildman–Crippen MR) is 97.3 cm³/mol. The largest absolute Gasteiger partial charge is 0.494 e. The fourth-order valence-electron chi connectivity index (χ4n) is 2.31. The molecule has 0 aliphatic rings. The first-order valence-corrected chi connectivity index (χ1v) is 8.24. The topological polar surface area (TPSA) is 81.7 Å². The van der Waals surface area contributed by atoms with E-state index in [4.69, 9.17) is 9.47 Å². The van der Waals surface area contributed by atoms with Crippen molar-refractivity contribution in [2.75, 3.05) is 12.4 Å². The van der Waals surface area contributed by atoms with Crippen LogP contribution in [0.25, 0.3) is 0 Å². The molecule has 142 valence electrons. The summed E-state index contributed by atoms with van der Waals surface area (Å²) in [7, 11) is 1.35. The van der Waals surface area contributed by atoms with Crippen molar-refractivity contribution < 1.29 is 28.2 Å². The van der Waals surface area contributed by atoms with Crippen LogP contribution in [0.3, 0.4) is 0 Å². The van der Waals surface area contributed by atoms with Gasteiger partial charge in [-0.15, -0.1) is 0 Å². The second-order valence-corrected chi connectivity index (χ2v) is 5.90. The Morgan fingerprint density at radius 2 is 1.78 bits per heavy atom. The van der Waals surface area contributed by atoms with E-state index in [0.717, 1.165) is 0 Å². The number of methoxy groups -OCH3 is 1. The van der Waals surface area contributed by atoms with Crippen LogP contribution in [-0.2, 0) is 20.7 Å².